The van der Waals surface area contributed by atoms with Gasteiger partial charge in [0.25, 0.3) is 0 Å². The number of anilines is 1. The van der Waals surface area contributed by atoms with Gasteiger partial charge in [0.05, 0.1) is 23.8 Å². The van der Waals surface area contributed by atoms with Crippen LogP contribution in [0.1, 0.15) is 19.3 Å². The number of hydrogen-bond donors (Lipinski definition) is 2. The Morgan fingerprint density at radius 3 is 2.96 bits per heavy atom. The molecule has 0 spiro atoms. The van der Waals surface area contributed by atoms with E-state index >= 15 is 0 Å². The number of H-pyrrole nitrogens is 1. The number of amides is 1. The molecule has 0 radical (unpaired) electrons. The molecule has 1 aromatic carbocycles. The summed E-state index contributed by atoms with van der Waals surface area (Å²) in [4.78, 5) is 12.3. The Labute approximate surface area is 131 Å². The predicted molar refractivity (Wildman–Crippen MR) is 78.6 cm³/mol. The first-order valence-electron chi connectivity index (χ1n) is 7.58. The minimum Gasteiger partial charge on any atom is -0.374 e. The van der Waals surface area contributed by atoms with Gasteiger partial charge < -0.3 is 10.1 Å². The molecule has 2 aromatic rings. The summed E-state index contributed by atoms with van der Waals surface area (Å²) in [5.41, 5.74) is 0.378. The van der Waals surface area contributed by atoms with E-state index in [-0.39, 0.29) is 35.4 Å². The van der Waals surface area contributed by atoms with Gasteiger partial charge in [-0.25, -0.2) is 8.78 Å². The third kappa shape index (κ3) is 2.50. The minimum absolute atomic E-state index is 0.0147. The van der Waals surface area contributed by atoms with Crippen LogP contribution in [0.15, 0.2) is 24.3 Å². The molecule has 7 heteroatoms. The van der Waals surface area contributed by atoms with E-state index in [0.29, 0.717) is 5.69 Å². The van der Waals surface area contributed by atoms with Crippen molar-refractivity contribution in [3.05, 3.63) is 35.9 Å². The molecule has 120 valence electrons. The molecule has 23 heavy (non-hydrogen) atoms. The lowest BCUT2D eigenvalue weighted by Crippen LogP contribution is -2.30. The van der Waals surface area contributed by atoms with E-state index in [1.807, 2.05) is 0 Å². The number of carbonyl (C=O) groups excluding carboxylic acids is 1. The molecule has 1 amide bonds. The first-order valence-corrected chi connectivity index (χ1v) is 7.58. The summed E-state index contributed by atoms with van der Waals surface area (Å²) < 4.78 is 32.7. The molecule has 2 aliphatic heterocycles. The number of rotatable bonds is 3. The van der Waals surface area contributed by atoms with Crippen LogP contribution in [-0.2, 0) is 9.53 Å². The SMILES string of the molecule is O=C(Nc1cc(-c2cccc(F)c2F)[nH]n1)C1CC2CCC1O2. The monoisotopic (exact) mass is 319 g/mol. The summed E-state index contributed by atoms with van der Waals surface area (Å²) in [6.07, 6.45) is 2.82. The normalized spacial score (nSPS) is 25.7. The van der Waals surface area contributed by atoms with Gasteiger partial charge in [0.2, 0.25) is 5.91 Å². The lowest BCUT2D eigenvalue weighted by atomic mass is 9.88. The molecule has 2 saturated heterocycles. The molecule has 3 heterocycles. The van der Waals surface area contributed by atoms with Crippen molar-refractivity contribution in [2.24, 2.45) is 5.92 Å². The van der Waals surface area contributed by atoms with Crippen LogP contribution in [0.25, 0.3) is 11.3 Å². The van der Waals surface area contributed by atoms with Crippen molar-refractivity contribution in [2.45, 2.75) is 31.5 Å². The second-order valence-electron chi connectivity index (χ2n) is 5.97. The molecule has 3 atom stereocenters. The van der Waals surface area contributed by atoms with Gasteiger partial charge in [-0.05, 0) is 31.4 Å². The lowest BCUT2D eigenvalue weighted by molar-refractivity contribution is -0.121. The van der Waals surface area contributed by atoms with Crippen LogP contribution in [0, 0.1) is 17.6 Å². The zero-order valence-electron chi connectivity index (χ0n) is 12.2. The van der Waals surface area contributed by atoms with E-state index in [0.717, 1.165) is 25.3 Å². The molecule has 4 rings (SSSR count). The maximum absolute atomic E-state index is 13.8. The largest absolute Gasteiger partial charge is 0.374 e. The zero-order chi connectivity index (χ0) is 16.0. The van der Waals surface area contributed by atoms with Gasteiger partial charge in [-0.1, -0.05) is 6.07 Å². The van der Waals surface area contributed by atoms with Crippen LogP contribution in [0.5, 0.6) is 0 Å². The highest BCUT2D eigenvalue weighted by molar-refractivity contribution is 5.92. The van der Waals surface area contributed by atoms with Gasteiger partial charge in [-0.2, -0.15) is 5.10 Å². The van der Waals surface area contributed by atoms with E-state index in [2.05, 4.69) is 15.5 Å². The van der Waals surface area contributed by atoms with Gasteiger partial charge in [0.15, 0.2) is 17.5 Å². The quantitative estimate of drug-likeness (QED) is 0.914. The van der Waals surface area contributed by atoms with E-state index in [1.165, 1.54) is 18.2 Å². The van der Waals surface area contributed by atoms with Crippen LogP contribution in [0.3, 0.4) is 0 Å². The smallest absolute Gasteiger partial charge is 0.231 e. The molecule has 2 N–H and O–H groups in total. The Morgan fingerprint density at radius 1 is 1.35 bits per heavy atom. The fourth-order valence-corrected chi connectivity index (χ4v) is 3.37. The zero-order valence-corrected chi connectivity index (χ0v) is 12.2. The average Bonchev–Trinajstić information content (AvgIpc) is 3.26. The van der Waals surface area contributed by atoms with E-state index in [9.17, 15) is 13.6 Å². The average molecular weight is 319 g/mol. The Kier molecular flexibility index (Phi) is 3.37. The van der Waals surface area contributed by atoms with Crippen molar-refractivity contribution in [3.63, 3.8) is 0 Å². The number of aromatic nitrogens is 2. The van der Waals surface area contributed by atoms with Crippen LogP contribution in [0.2, 0.25) is 0 Å². The van der Waals surface area contributed by atoms with Crippen molar-refractivity contribution in [1.82, 2.24) is 10.2 Å². The third-order valence-electron chi connectivity index (χ3n) is 4.51. The standard InChI is InChI=1S/C16H15F2N3O2/c17-11-3-1-2-9(15(11)18)12-7-14(21-20-12)19-16(22)10-6-8-4-5-13(10)23-8/h1-3,7-8,10,13H,4-6H2,(H2,19,20,21,22). The number of carbonyl (C=O) groups is 1. The third-order valence-corrected chi connectivity index (χ3v) is 4.51. The number of halogens is 2. The highest BCUT2D eigenvalue weighted by Gasteiger charge is 2.44. The molecular weight excluding hydrogens is 304 g/mol. The summed E-state index contributed by atoms with van der Waals surface area (Å²) >= 11 is 0. The lowest BCUT2D eigenvalue weighted by Gasteiger charge is -2.16. The maximum Gasteiger partial charge on any atom is 0.231 e. The highest BCUT2D eigenvalue weighted by atomic mass is 19.2. The van der Waals surface area contributed by atoms with Crippen molar-refractivity contribution in [1.29, 1.82) is 0 Å². The Balaban J connectivity index is 1.50. The van der Waals surface area contributed by atoms with Crippen LogP contribution < -0.4 is 5.32 Å². The number of ether oxygens (including phenoxy) is 1. The van der Waals surface area contributed by atoms with Gasteiger partial charge in [0.1, 0.15) is 0 Å². The Morgan fingerprint density at radius 2 is 2.22 bits per heavy atom. The molecule has 5 nitrogen and oxygen atoms in total. The van der Waals surface area contributed by atoms with E-state index < -0.39 is 11.6 Å². The second-order valence-corrected chi connectivity index (χ2v) is 5.97. The Bertz CT molecular complexity index is 762. The van der Waals surface area contributed by atoms with E-state index in [4.69, 9.17) is 4.74 Å². The predicted octanol–water partition coefficient (Wildman–Crippen LogP) is 2.86. The number of fused-ring (bicyclic) bond motifs is 2. The molecular formula is C16H15F2N3O2. The van der Waals surface area contributed by atoms with Crippen molar-refractivity contribution in [2.75, 3.05) is 5.32 Å². The van der Waals surface area contributed by atoms with Crippen LogP contribution in [0.4, 0.5) is 14.6 Å². The van der Waals surface area contributed by atoms with E-state index in [1.54, 1.807) is 0 Å². The molecule has 2 aliphatic rings. The topological polar surface area (TPSA) is 67.0 Å². The first kappa shape index (κ1) is 14.3. The summed E-state index contributed by atoms with van der Waals surface area (Å²) in [6.45, 7) is 0. The van der Waals surface area contributed by atoms with Gasteiger partial charge in [-0.3, -0.25) is 9.89 Å². The first-order chi connectivity index (χ1) is 11.1. The number of nitrogens with one attached hydrogen (secondary N) is 2. The number of aromatic amines is 1. The summed E-state index contributed by atoms with van der Waals surface area (Å²) in [7, 11) is 0. The number of benzene rings is 1. The fourth-order valence-electron chi connectivity index (χ4n) is 3.37. The molecule has 2 fully saturated rings. The number of hydrogen-bond acceptors (Lipinski definition) is 3. The summed E-state index contributed by atoms with van der Waals surface area (Å²) in [6, 6.07) is 5.40. The molecule has 0 saturated carbocycles. The van der Waals surface area contributed by atoms with Crippen molar-refractivity contribution < 1.29 is 18.3 Å². The van der Waals surface area contributed by atoms with Crippen molar-refractivity contribution >= 4 is 11.7 Å². The highest BCUT2D eigenvalue weighted by Crippen LogP contribution is 2.39. The summed E-state index contributed by atoms with van der Waals surface area (Å²) in [5.74, 6) is -1.90. The molecule has 2 bridgehead atoms. The Hall–Kier alpha value is -2.28. The molecule has 3 unspecified atom stereocenters. The molecule has 0 aliphatic carbocycles. The minimum atomic E-state index is -0.949. The summed E-state index contributed by atoms with van der Waals surface area (Å²) in [5, 5.41) is 9.28. The van der Waals surface area contributed by atoms with Crippen LogP contribution >= 0.6 is 0 Å². The number of nitrogens with zero attached hydrogens (tertiary/aromatic N) is 1. The van der Waals surface area contributed by atoms with Gasteiger partial charge in [-0.15, -0.1) is 0 Å². The van der Waals surface area contributed by atoms with Crippen molar-refractivity contribution in [3.8, 4) is 11.3 Å². The fraction of sp³-hybridized carbons (Fsp3) is 0.375. The van der Waals surface area contributed by atoms with Gasteiger partial charge in [0, 0.05) is 11.6 Å². The second kappa shape index (κ2) is 5.42. The van der Waals surface area contributed by atoms with Gasteiger partial charge >= 0.3 is 0 Å². The maximum atomic E-state index is 13.8. The molecule has 1 aromatic heterocycles. The van der Waals surface area contributed by atoms with Crippen LogP contribution in [-0.4, -0.2) is 28.3 Å².